The number of rotatable bonds is 5. The van der Waals surface area contributed by atoms with E-state index in [1.165, 1.54) is 12.7 Å². The molecule has 1 unspecified atom stereocenters. The fraction of sp³-hybridized carbons (Fsp3) is 0.417. The molecule has 0 aliphatic heterocycles. The lowest BCUT2D eigenvalue weighted by atomic mass is 10.1. The minimum absolute atomic E-state index is 0.234. The maximum Gasteiger partial charge on any atom is 0.319 e. The van der Waals surface area contributed by atoms with Crippen molar-refractivity contribution in [3.05, 3.63) is 34.3 Å². The summed E-state index contributed by atoms with van der Waals surface area (Å²) in [6.45, 7) is 2.30. The first-order valence-corrected chi connectivity index (χ1v) is 5.95. The average Bonchev–Trinajstić information content (AvgIpc) is 2.29. The first-order chi connectivity index (χ1) is 7.61. The summed E-state index contributed by atoms with van der Waals surface area (Å²) in [5.74, 6) is -0.234. The third kappa shape index (κ3) is 4.77. The Labute approximate surface area is 104 Å². The highest BCUT2D eigenvalue weighted by molar-refractivity contribution is 9.10. The lowest BCUT2D eigenvalue weighted by Crippen LogP contribution is -2.33. The van der Waals surface area contributed by atoms with Gasteiger partial charge < -0.3 is 10.1 Å². The number of hydrogen-bond acceptors (Lipinski definition) is 3. The molecule has 16 heavy (non-hydrogen) atoms. The third-order valence-corrected chi connectivity index (χ3v) is 2.81. The van der Waals surface area contributed by atoms with Gasteiger partial charge in [-0.3, -0.25) is 4.79 Å². The molecule has 0 heterocycles. The summed E-state index contributed by atoms with van der Waals surface area (Å²) < 4.78 is 5.63. The highest BCUT2D eigenvalue weighted by atomic mass is 79.9. The Balaban J connectivity index is 2.36. The van der Waals surface area contributed by atoms with E-state index in [0.717, 1.165) is 10.9 Å². The van der Waals surface area contributed by atoms with Crippen LogP contribution in [0.5, 0.6) is 0 Å². The van der Waals surface area contributed by atoms with Crippen LogP contribution in [0.1, 0.15) is 12.5 Å². The van der Waals surface area contributed by atoms with Crippen LogP contribution in [0, 0.1) is 0 Å². The van der Waals surface area contributed by atoms with Gasteiger partial charge in [-0.2, -0.15) is 0 Å². The van der Waals surface area contributed by atoms with Gasteiger partial charge in [-0.1, -0.05) is 28.1 Å². The largest absolute Gasteiger partial charge is 0.468 e. The second-order valence-electron chi connectivity index (χ2n) is 3.69. The monoisotopic (exact) mass is 285 g/mol. The molecule has 1 aromatic carbocycles. The number of carbonyl (C=O) groups excluding carboxylic acids is 1. The number of methoxy groups -OCH3 is 1. The van der Waals surface area contributed by atoms with Crippen LogP contribution in [0.3, 0.4) is 0 Å². The number of ether oxygens (including phenoxy) is 1. The van der Waals surface area contributed by atoms with E-state index in [2.05, 4.69) is 38.1 Å². The van der Waals surface area contributed by atoms with Crippen molar-refractivity contribution in [1.29, 1.82) is 0 Å². The van der Waals surface area contributed by atoms with Crippen molar-refractivity contribution in [1.82, 2.24) is 5.32 Å². The zero-order chi connectivity index (χ0) is 12.0. The summed E-state index contributed by atoms with van der Waals surface area (Å²) in [7, 11) is 1.39. The van der Waals surface area contributed by atoms with Crippen LogP contribution in [0.25, 0.3) is 0 Å². The molecule has 0 aromatic heterocycles. The van der Waals surface area contributed by atoms with E-state index in [9.17, 15) is 4.79 Å². The first-order valence-electron chi connectivity index (χ1n) is 5.16. The van der Waals surface area contributed by atoms with E-state index in [4.69, 9.17) is 0 Å². The lowest BCUT2D eigenvalue weighted by molar-refractivity contribution is -0.139. The summed E-state index contributed by atoms with van der Waals surface area (Å²) in [5, 5.41) is 3.11. The summed E-state index contributed by atoms with van der Waals surface area (Å²) >= 11 is 3.39. The molecular weight excluding hydrogens is 270 g/mol. The maximum absolute atomic E-state index is 10.9. The van der Waals surface area contributed by atoms with E-state index in [0.29, 0.717) is 0 Å². The van der Waals surface area contributed by atoms with E-state index < -0.39 is 0 Å². The van der Waals surface area contributed by atoms with Gasteiger partial charge in [-0.15, -0.1) is 0 Å². The van der Waals surface area contributed by atoms with Gasteiger partial charge in [0.2, 0.25) is 0 Å². The molecule has 1 N–H and O–H groups in total. The first kappa shape index (κ1) is 13.2. The summed E-state index contributed by atoms with van der Waals surface area (Å²) in [6, 6.07) is 8.42. The zero-order valence-electron chi connectivity index (χ0n) is 9.50. The molecule has 0 radical (unpaired) electrons. The molecular formula is C12H16BrNO2. The van der Waals surface area contributed by atoms with Crippen LogP contribution in [0.15, 0.2) is 28.7 Å². The SMILES string of the molecule is COC(=O)CNC(C)Cc1ccc(Br)cc1. The van der Waals surface area contributed by atoms with Crippen LogP contribution in [-0.2, 0) is 16.0 Å². The molecule has 3 nitrogen and oxygen atoms in total. The minimum Gasteiger partial charge on any atom is -0.468 e. The Bertz CT molecular complexity index is 337. The van der Waals surface area contributed by atoms with E-state index in [1.807, 2.05) is 19.1 Å². The standard InChI is InChI=1S/C12H16BrNO2/c1-9(14-8-12(15)16-2)7-10-3-5-11(13)6-4-10/h3-6,9,14H,7-8H2,1-2H3. The quantitative estimate of drug-likeness (QED) is 0.843. The van der Waals surface area contributed by atoms with Crippen molar-refractivity contribution >= 4 is 21.9 Å². The van der Waals surface area contributed by atoms with Crippen LogP contribution >= 0.6 is 15.9 Å². The van der Waals surface area contributed by atoms with Crippen molar-refractivity contribution in [3.63, 3.8) is 0 Å². The van der Waals surface area contributed by atoms with Crippen LogP contribution in [0.4, 0.5) is 0 Å². The van der Waals surface area contributed by atoms with E-state index >= 15 is 0 Å². The Morgan fingerprint density at radius 1 is 1.44 bits per heavy atom. The number of benzene rings is 1. The highest BCUT2D eigenvalue weighted by Crippen LogP contribution is 2.11. The fourth-order valence-electron chi connectivity index (χ4n) is 1.38. The van der Waals surface area contributed by atoms with Gasteiger partial charge in [0, 0.05) is 10.5 Å². The summed E-state index contributed by atoms with van der Waals surface area (Å²) in [5.41, 5.74) is 1.24. The minimum atomic E-state index is -0.234. The molecule has 1 aromatic rings. The van der Waals surface area contributed by atoms with E-state index in [-0.39, 0.29) is 18.6 Å². The zero-order valence-corrected chi connectivity index (χ0v) is 11.1. The van der Waals surface area contributed by atoms with Gasteiger partial charge >= 0.3 is 5.97 Å². The molecule has 0 aliphatic rings. The highest BCUT2D eigenvalue weighted by Gasteiger charge is 2.06. The molecule has 0 bridgehead atoms. The summed E-state index contributed by atoms with van der Waals surface area (Å²) in [4.78, 5) is 10.9. The number of hydrogen-bond donors (Lipinski definition) is 1. The Morgan fingerprint density at radius 3 is 2.62 bits per heavy atom. The molecule has 0 spiro atoms. The van der Waals surface area contributed by atoms with Gasteiger partial charge in [0.1, 0.15) is 0 Å². The molecule has 0 saturated heterocycles. The van der Waals surface area contributed by atoms with Gasteiger partial charge in [0.25, 0.3) is 0 Å². The second-order valence-corrected chi connectivity index (χ2v) is 4.60. The van der Waals surface area contributed by atoms with Crippen molar-refractivity contribution in [2.24, 2.45) is 0 Å². The Morgan fingerprint density at radius 2 is 2.06 bits per heavy atom. The Kier molecular flexibility index (Phi) is 5.49. The van der Waals surface area contributed by atoms with Crippen LogP contribution in [-0.4, -0.2) is 25.7 Å². The smallest absolute Gasteiger partial charge is 0.319 e. The van der Waals surface area contributed by atoms with Gasteiger partial charge in [-0.05, 0) is 31.0 Å². The maximum atomic E-state index is 10.9. The molecule has 0 fully saturated rings. The Hall–Kier alpha value is -0.870. The normalized spacial score (nSPS) is 12.2. The molecule has 88 valence electrons. The summed E-state index contributed by atoms with van der Waals surface area (Å²) in [6.07, 6.45) is 0.893. The predicted octanol–water partition coefficient (Wildman–Crippen LogP) is 2.14. The number of nitrogens with one attached hydrogen (secondary N) is 1. The average molecular weight is 286 g/mol. The number of halogens is 1. The van der Waals surface area contributed by atoms with Crippen molar-refractivity contribution < 1.29 is 9.53 Å². The van der Waals surface area contributed by atoms with E-state index in [1.54, 1.807) is 0 Å². The van der Waals surface area contributed by atoms with Crippen LogP contribution < -0.4 is 5.32 Å². The molecule has 1 rings (SSSR count). The van der Waals surface area contributed by atoms with Gasteiger partial charge in [-0.25, -0.2) is 0 Å². The number of carbonyl (C=O) groups is 1. The van der Waals surface area contributed by atoms with Crippen LogP contribution in [0.2, 0.25) is 0 Å². The number of esters is 1. The van der Waals surface area contributed by atoms with Crippen molar-refractivity contribution in [2.75, 3.05) is 13.7 Å². The molecule has 0 saturated carbocycles. The van der Waals surface area contributed by atoms with Gasteiger partial charge in [0.05, 0.1) is 13.7 Å². The van der Waals surface area contributed by atoms with Crippen molar-refractivity contribution in [3.8, 4) is 0 Å². The molecule has 4 heteroatoms. The fourth-order valence-corrected chi connectivity index (χ4v) is 1.64. The molecule has 0 amide bonds. The molecule has 1 atom stereocenters. The predicted molar refractivity (Wildman–Crippen MR) is 67.3 cm³/mol. The molecule has 0 aliphatic carbocycles. The topological polar surface area (TPSA) is 38.3 Å². The second kappa shape index (κ2) is 6.66. The lowest BCUT2D eigenvalue weighted by Gasteiger charge is -2.12. The van der Waals surface area contributed by atoms with Gasteiger partial charge in [0.15, 0.2) is 0 Å². The third-order valence-electron chi connectivity index (χ3n) is 2.28. The van der Waals surface area contributed by atoms with Crippen molar-refractivity contribution in [2.45, 2.75) is 19.4 Å².